The van der Waals surface area contributed by atoms with Crippen molar-refractivity contribution < 1.29 is 0 Å². The minimum atomic E-state index is 0.488. The van der Waals surface area contributed by atoms with Crippen molar-refractivity contribution in [3.05, 3.63) is 11.4 Å². The molecule has 1 fully saturated rings. The Bertz CT molecular complexity index is 399. The number of aryl methyl sites for hydroxylation is 2. The SMILES string of the molecule is CCc1nnc(NC2CCN(CC)CC2)nc1CC. The lowest BCUT2D eigenvalue weighted by molar-refractivity contribution is 0.229. The van der Waals surface area contributed by atoms with Gasteiger partial charge in [0.1, 0.15) is 0 Å². The first-order valence-corrected chi connectivity index (χ1v) is 7.48. The Kier molecular flexibility index (Phi) is 5.07. The van der Waals surface area contributed by atoms with Crippen molar-refractivity contribution in [2.45, 2.75) is 52.5 Å². The van der Waals surface area contributed by atoms with Crippen molar-refractivity contribution >= 4 is 5.95 Å². The first kappa shape index (κ1) is 14.2. The minimum absolute atomic E-state index is 0.488. The number of piperidine rings is 1. The van der Waals surface area contributed by atoms with Crippen LogP contribution in [0.4, 0.5) is 5.95 Å². The van der Waals surface area contributed by atoms with Crippen molar-refractivity contribution in [1.29, 1.82) is 0 Å². The van der Waals surface area contributed by atoms with Crippen LogP contribution in [-0.4, -0.2) is 45.8 Å². The zero-order valence-corrected chi connectivity index (χ0v) is 12.3. The van der Waals surface area contributed by atoms with Gasteiger partial charge in [-0.2, -0.15) is 5.10 Å². The van der Waals surface area contributed by atoms with E-state index in [1.54, 1.807) is 0 Å². The predicted molar refractivity (Wildman–Crippen MR) is 77.3 cm³/mol. The Morgan fingerprint density at radius 3 is 2.32 bits per heavy atom. The van der Waals surface area contributed by atoms with Crippen LogP contribution in [0.5, 0.6) is 0 Å². The zero-order valence-electron chi connectivity index (χ0n) is 12.3. The molecule has 2 rings (SSSR count). The van der Waals surface area contributed by atoms with Gasteiger partial charge in [0.15, 0.2) is 0 Å². The number of likely N-dealkylation sites (tertiary alicyclic amines) is 1. The summed E-state index contributed by atoms with van der Waals surface area (Å²) in [7, 11) is 0. The lowest BCUT2D eigenvalue weighted by Gasteiger charge is -2.31. The third kappa shape index (κ3) is 3.62. The number of nitrogens with zero attached hydrogens (tertiary/aromatic N) is 4. The van der Waals surface area contributed by atoms with E-state index in [1.807, 2.05) is 0 Å². The number of rotatable bonds is 5. The summed E-state index contributed by atoms with van der Waals surface area (Å²) in [5, 5.41) is 11.9. The van der Waals surface area contributed by atoms with Crippen LogP contribution in [0, 0.1) is 0 Å². The largest absolute Gasteiger partial charge is 0.350 e. The van der Waals surface area contributed by atoms with Crippen molar-refractivity contribution in [2.75, 3.05) is 25.0 Å². The second kappa shape index (κ2) is 6.80. The Hall–Kier alpha value is -1.23. The highest BCUT2D eigenvalue weighted by Crippen LogP contribution is 2.14. The van der Waals surface area contributed by atoms with Gasteiger partial charge in [-0.15, -0.1) is 5.10 Å². The molecular formula is C14H25N5. The van der Waals surface area contributed by atoms with E-state index >= 15 is 0 Å². The van der Waals surface area contributed by atoms with Crippen LogP contribution >= 0.6 is 0 Å². The molecule has 0 atom stereocenters. The van der Waals surface area contributed by atoms with Gasteiger partial charge in [0, 0.05) is 19.1 Å². The molecule has 0 radical (unpaired) electrons. The third-order valence-corrected chi connectivity index (χ3v) is 3.88. The van der Waals surface area contributed by atoms with Crippen molar-refractivity contribution in [1.82, 2.24) is 20.1 Å². The van der Waals surface area contributed by atoms with E-state index in [0.717, 1.165) is 56.7 Å². The Balaban J connectivity index is 1.96. The Morgan fingerprint density at radius 2 is 1.74 bits per heavy atom. The molecule has 2 heterocycles. The molecule has 0 aromatic carbocycles. The molecule has 19 heavy (non-hydrogen) atoms. The fourth-order valence-electron chi connectivity index (χ4n) is 2.58. The first-order chi connectivity index (χ1) is 9.26. The molecule has 0 amide bonds. The molecule has 0 saturated carbocycles. The quantitative estimate of drug-likeness (QED) is 0.879. The first-order valence-electron chi connectivity index (χ1n) is 7.48. The van der Waals surface area contributed by atoms with Crippen molar-refractivity contribution in [3.63, 3.8) is 0 Å². The molecule has 0 spiro atoms. The Morgan fingerprint density at radius 1 is 1.05 bits per heavy atom. The van der Waals surface area contributed by atoms with Gasteiger partial charge in [-0.25, -0.2) is 4.98 Å². The maximum atomic E-state index is 4.60. The lowest BCUT2D eigenvalue weighted by Crippen LogP contribution is -2.39. The molecule has 1 aromatic rings. The summed E-state index contributed by atoms with van der Waals surface area (Å²) < 4.78 is 0. The maximum Gasteiger partial charge on any atom is 0.243 e. The standard InChI is InChI=1S/C14H25N5/c1-4-12-13(5-2)17-18-14(16-12)15-11-7-9-19(6-3)10-8-11/h11H,4-10H2,1-3H3,(H,15,16,18). The van der Waals surface area contributed by atoms with Crippen LogP contribution < -0.4 is 5.32 Å². The van der Waals surface area contributed by atoms with E-state index < -0.39 is 0 Å². The van der Waals surface area contributed by atoms with E-state index in [-0.39, 0.29) is 0 Å². The number of nitrogens with one attached hydrogen (secondary N) is 1. The van der Waals surface area contributed by atoms with Gasteiger partial charge < -0.3 is 10.2 Å². The molecular weight excluding hydrogens is 238 g/mol. The smallest absolute Gasteiger partial charge is 0.243 e. The molecule has 5 heteroatoms. The molecule has 1 N–H and O–H groups in total. The summed E-state index contributed by atoms with van der Waals surface area (Å²) in [4.78, 5) is 7.08. The van der Waals surface area contributed by atoms with Crippen LogP contribution in [0.15, 0.2) is 0 Å². The minimum Gasteiger partial charge on any atom is -0.350 e. The van der Waals surface area contributed by atoms with E-state index in [4.69, 9.17) is 0 Å². The monoisotopic (exact) mass is 263 g/mol. The molecule has 0 unspecified atom stereocenters. The second-order valence-electron chi connectivity index (χ2n) is 5.09. The van der Waals surface area contributed by atoms with Crippen LogP contribution in [-0.2, 0) is 12.8 Å². The van der Waals surface area contributed by atoms with Gasteiger partial charge in [0.25, 0.3) is 0 Å². The fourth-order valence-corrected chi connectivity index (χ4v) is 2.58. The van der Waals surface area contributed by atoms with Crippen LogP contribution in [0.1, 0.15) is 45.0 Å². The highest BCUT2D eigenvalue weighted by molar-refractivity contribution is 5.27. The molecule has 1 aromatic heterocycles. The topological polar surface area (TPSA) is 53.9 Å². The number of aromatic nitrogens is 3. The van der Waals surface area contributed by atoms with E-state index in [2.05, 4.69) is 46.2 Å². The average Bonchev–Trinajstić information content (AvgIpc) is 2.48. The Labute approximate surface area is 115 Å². The molecule has 106 valence electrons. The number of hydrogen-bond acceptors (Lipinski definition) is 5. The molecule has 5 nitrogen and oxygen atoms in total. The third-order valence-electron chi connectivity index (χ3n) is 3.88. The van der Waals surface area contributed by atoms with E-state index in [0.29, 0.717) is 12.0 Å². The molecule has 1 aliphatic rings. The highest BCUT2D eigenvalue weighted by atomic mass is 15.3. The van der Waals surface area contributed by atoms with E-state index in [9.17, 15) is 0 Å². The fraction of sp³-hybridized carbons (Fsp3) is 0.786. The lowest BCUT2D eigenvalue weighted by atomic mass is 10.1. The van der Waals surface area contributed by atoms with Crippen LogP contribution in [0.2, 0.25) is 0 Å². The van der Waals surface area contributed by atoms with Gasteiger partial charge in [-0.05, 0) is 32.2 Å². The summed E-state index contributed by atoms with van der Waals surface area (Å²) >= 11 is 0. The number of anilines is 1. The number of hydrogen-bond donors (Lipinski definition) is 1. The predicted octanol–water partition coefficient (Wildman–Crippen LogP) is 1.89. The van der Waals surface area contributed by atoms with Gasteiger partial charge >= 0.3 is 0 Å². The summed E-state index contributed by atoms with van der Waals surface area (Å²) in [6.07, 6.45) is 4.14. The summed E-state index contributed by atoms with van der Waals surface area (Å²) in [5.41, 5.74) is 2.10. The maximum absolute atomic E-state index is 4.60. The summed E-state index contributed by atoms with van der Waals surface area (Å²) in [5.74, 6) is 0.698. The zero-order chi connectivity index (χ0) is 13.7. The van der Waals surface area contributed by atoms with Gasteiger partial charge in [0.2, 0.25) is 5.95 Å². The average molecular weight is 263 g/mol. The molecule has 0 aliphatic carbocycles. The summed E-state index contributed by atoms with van der Waals surface area (Å²) in [6.45, 7) is 9.91. The second-order valence-corrected chi connectivity index (χ2v) is 5.09. The molecule has 1 saturated heterocycles. The molecule has 1 aliphatic heterocycles. The van der Waals surface area contributed by atoms with Gasteiger partial charge in [0.05, 0.1) is 11.4 Å². The van der Waals surface area contributed by atoms with E-state index in [1.165, 1.54) is 0 Å². The van der Waals surface area contributed by atoms with Gasteiger partial charge in [-0.1, -0.05) is 20.8 Å². The van der Waals surface area contributed by atoms with Crippen molar-refractivity contribution in [2.24, 2.45) is 0 Å². The van der Waals surface area contributed by atoms with Crippen LogP contribution in [0.3, 0.4) is 0 Å². The summed E-state index contributed by atoms with van der Waals surface area (Å²) in [6, 6.07) is 0.488. The normalized spacial score (nSPS) is 17.6. The van der Waals surface area contributed by atoms with Crippen LogP contribution in [0.25, 0.3) is 0 Å². The molecule has 0 bridgehead atoms. The van der Waals surface area contributed by atoms with Crippen molar-refractivity contribution in [3.8, 4) is 0 Å². The highest BCUT2D eigenvalue weighted by Gasteiger charge is 2.19. The van der Waals surface area contributed by atoms with Gasteiger partial charge in [-0.3, -0.25) is 0 Å².